The lowest BCUT2D eigenvalue weighted by Crippen LogP contribution is -2.39. The highest BCUT2D eigenvalue weighted by molar-refractivity contribution is 4.72. The van der Waals surface area contributed by atoms with E-state index in [1.807, 2.05) is 0 Å². The van der Waals surface area contributed by atoms with Crippen molar-refractivity contribution in [2.75, 3.05) is 46.3 Å². The maximum absolute atomic E-state index is 3.59. The van der Waals surface area contributed by atoms with Crippen molar-refractivity contribution in [3.8, 4) is 0 Å². The van der Waals surface area contributed by atoms with Crippen molar-refractivity contribution < 1.29 is 0 Å². The molecule has 1 rings (SSSR count). The third-order valence-corrected chi connectivity index (χ3v) is 4.59. The van der Waals surface area contributed by atoms with Gasteiger partial charge in [-0.3, -0.25) is 0 Å². The van der Waals surface area contributed by atoms with Gasteiger partial charge in [-0.15, -0.1) is 0 Å². The standard InChI is InChI=1S/C16H35N3/c1-4-19(5-2)15-13-17-12-14-18(3)16-10-8-6-7-9-11-16/h16-17H,4-15H2,1-3H3. The summed E-state index contributed by atoms with van der Waals surface area (Å²) in [5.74, 6) is 0. The van der Waals surface area contributed by atoms with E-state index in [0.29, 0.717) is 0 Å². The Kier molecular flexibility index (Phi) is 9.48. The zero-order valence-corrected chi connectivity index (χ0v) is 13.5. The van der Waals surface area contributed by atoms with Gasteiger partial charge in [0.15, 0.2) is 0 Å². The first-order chi connectivity index (χ1) is 9.27. The highest BCUT2D eigenvalue weighted by atomic mass is 15.2. The molecular weight excluding hydrogens is 234 g/mol. The summed E-state index contributed by atoms with van der Waals surface area (Å²) in [7, 11) is 2.31. The second kappa shape index (κ2) is 10.6. The van der Waals surface area contributed by atoms with Gasteiger partial charge in [0.2, 0.25) is 0 Å². The Morgan fingerprint density at radius 1 is 0.895 bits per heavy atom. The predicted molar refractivity (Wildman–Crippen MR) is 84.8 cm³/mol. The lowest BCUT2D eigenvalue weighted by molar-refractivity contribution is 0.219. The summed E-state index contributed by atoms with van der Waals surface area (Å²) in [4.78, 5) is 5.05. The third kappa shape index (κ3) is 7.28. The zero-order valence-electron chi connectivity index (χ0n) is 13.5. The van der Waals surface area contributed by atoms with E-state index in [1.54, 1.807) is 0 Å². The van der Waals surface area contributed by atoms with Gasteiger partial charge >= 0.3 is 0 Å². The van der Waals surface area contributed by atoms with E-state index < -0.39 is 0 Å². The molecule has 0 atom stereocenters. The SMILES string of the molecule is CCN(CC)CCNCCN(C)C1CCCCCC1. The Morgan fingerprint density at radius 3 is 2.05 bits per heavy atom. The van der Waals surface area contributed by atoms with Crippen LogP contribution < -0.4 is 5.32 Å². The first-order valence-electron chi connectivity index (χ1n) is 8.41. The minimum absolute atomic E-state index is 0.840. The van der Waals surface area contributed by atoms with Crippen LogP contribution in [0.15, 0.2) is 0 Å². The number of rotatable bonds is 9. The number of hydrogen-bond acceptors (Lipinski definition) is 3. The number of likely N-dealkylation sites (N-methyl/N-ethyl adjacent to an activating group) is 2. The third-order valence-electron chi connectivity index (χ3n) is 4.59. The summed E-state index contributed by atoms with van der Waals surface area (Å²) < 4.78 is 0. The van der Waals surface area contributed by atoms with Gasteiger partial charge in [0.1, 0.15) is 0 Å². The Hall–Kier alpha value is -0.120. The van der Waals surface area contributed by atoms with Crippen molar-refractivity contribution in [2.45, 2.75) is 58.4 Å². The van der Waals surface area contributed by atoms with Crippen LogP contribution in [0.1, 0.15) is 52.4 Å². The molecule has 1 N–H and O–H groups in total. The highest BCUT2D eigenvalue weighted by Crippen LogP contribution is 2.20. The molecule has 3 heteroatoms. The van der Waals surface area contributed by atoms with Gasteiger partial charge in [-0.25, -0.2) is 0 Å². The lowest BCUT2D eigenvalue weighted by Gasteiger charge is -2.27. The average molecular weight is 269 g/mol. The van der Waals surface area contributed by atoms with Crippen LogP contribution in [-0.4, -0.2) is 62.2 Å². The van der Waals surface area contributed by atoms with Crippen molar-refractivity contribution in [1.82, 2.24) is 15.1 Å². The van der Waals surface area contributed by atoms with Gasteiger partial charge < -0.3 is 15.1 Å². The summed E-state index contributed by atoms with van der Waals surface area (Å²) in [5, 5.41) is 3.59. The predicted octanol–water partition coefficient (Wildman–Crippen LogP) is 2.57. The highest BCUT2D eigenvalue weighted by Gasteiger charge is 2.16. The second-order valence-electron chi connectivity index (χ2n) is 5.90. The van der Waals surface area contributed by atoms with E-state index in [-0.39, 0.29) is 0 Å². The molecule has 1 aliphatic rings. The molecule has 1 aliphatic carbocycles. The molecule has 0 amide bonds. The topological polar surface area (TPSA) is 18.5 Å². The van der Waals surface area contributed by atoms with Crippen molar-refractivity contribution in [1.29, 1.82) is 0 Å². The molecule has 0 heterocycles. The first kappa shape index (κ1) is 16.9. The molecule has 0 radical (unpaired) electrons. The normalized spacial score (nSPS) is 18.2. The number of hydrogen-bond donors (Lipinski definition) is 1. The molecule has 0 aromatic heterocycles. The Balaban J connectivity index is 2.04. The Bertz CT molecular complexity index is 196. The molecule has 0 aromatic rings. The van der Waals surface area contributed by atoms with Crippen LogP contribution in [0.25, 0.3) is 0 Å². The van der Waals surface area contributed by atoms with Crippen LogP contribution in [0.5, 0.6) is 0 Å². The molecule has 0 spiro atoms. The molecule has 114 valence electrons. The minimum Gasteiger partial charge on any atom is -0.314 e. The fourth-order valence-electron chi connectivity index (χ4n) is 3.04. The molecule has 1 saturated carbocycles. The van der Waals surface area contributed by atoms with E-state index in [0.717, 1.165) is 19.1 Å². The van der Waals surface area contributed by atoms with Crippen LogP contribution >= 0.6 is 0 Å². The van der Waals surface area contributed by atoms with Crippen LogP contribution in [0.2, 0.25) is 0 Å². The number of nitrogens with one attached hydrogen (secondary N) is 1. The van der Waals surface area contributed by atoms with E-state index in [9.17, 15) is 0 Å². The maximum Gasteiger partial charge on any atom is 0.0107 e. The van der Waals surface area contributed by atoms with Crippen molar-refractivity contribution in [3.05, 3.63) is 0 Å². The van der Waals surface area contributed by atoms with Crippen molar-refractivity contribution in [2.24, 2.45) is 0 Å². The van der Waals surface area contributed by atoms with Gasteiger partial charge in [0, 0.05) is 32.2 Å². The van der Waals surface area contributed by atoms with E-state index in [2.05, 4.69) is 36.0 Å². The fraction of sp³-hybridized carbons (Fsp3) is 1.00. The van der Waals surface area contributed by atoms with E-state index in [1.165, 1.54) is 64.7 Å². The van der Waals surface area contributed by atoms with Crippen molar-refractivity contribution >= 4 is 0 Å². The Morgan fingerprint density at radius 2 is 1.47 bits per heavy atom. The summed E-state index contributed by atoms with van der Waals surface area (Å²) in [5.41, 5.74) is 0. The molecule has 0 bridgehead atoms. The van der Waals surface area contributed by atoms with Gasteiger partial charge in [-0.05, 0) is 33.0 Å². The van der Waals surface area contributed by atoms with E-state index >= 15 is 0 Å². The lowest BCUT2D eigenvalue weighted by atomic mass is 10.1. The van der Waals surface area contributed by atoms with Crippen LogP contribution in [-0.2, 0) is 0 Å². The quantitative estimate of drug-likeness (QED) is 0.513. The van der Waals surface area contributed by atoms with Crippen molar-refractivity contribution in [3.63, 3.8) is 0 Å². The summed E-state index contributed by atoms with van der Waals surface area (Å²) in [6, 6.07) is 0.840. The second-order valence-corrected chi connectivity index (χ2v) is 5.90. The molecule has 0 aromatic carbocycles. The van der Waals surface area contributed by atoms with Gasteiger partial charge in [-0.2, -0.15) is 0 Å². The molecule has 3 nitrogen and oxygen atoms in total. The Labute approximate surface area is 120 Å². The smallest absolute Gasteiger partial charge is 0.0107 e. The molecule has 0 saturated heterocycles. The number of nitrogens with zero attached hydrogens (tertiary/aromatic N) is 2. The largest absolute Gasteiger partial charge is 0.314 e. The van der Waals surface area contributed by atoms with Gasteiger partial charge in [0.25, 0.3) is 0 Å². The van der Waals surface area contributed by atoms with Crippen LogP contribution in [0.4, 0.5) is 0 Å². The van der Waals surface area contributed by atoms with Gasteiger partial charge in [0.05, 0.1) is 0 Å². The van der Waals surface area contributed by atoms with Crippen LogP contribution in [0, 0.1) is 0 Å². The van der Waals surface area contributed by atoms with Gasteiger partial charge in [-0.1, -0.05) is 39.5 Å². The molecule has 0 unspecified atom stereocenters. The summed E-state index contributed by atoms with van der Waals surface area (Å²) in [6.07, 6.45) is 8.60. The summed E-state index contributed by atoms with van der Waals surface area (Å²) in [6.45, 7) is 11.4. The van der Waals surface area contributed by atoms with E-state index in [4.69, 9.17) is 0 Å². The van der Waals surface area contributed by atoms with Crippen LogP contribution in [0.3, 0.4) is 0 Å². The molecule has 0 aliphatic heterocycles. The minimum atomic E-state index is 0.840. The average Bonchev–Trinajstić information content (AvgIpc) is 2.71. The maximum atomic E-state index is 3.59. The summed E-state index contributed by atoms with van der Waals surface area (Å²) >= 11 is 0. The molecule has 1 fully saturated rings. The molecular formula is C16H35N3. The zero-order chi connectivity index (χ0) is 13.9. The first-order valence-corrected chi connectivity index (χ1v) is 8.41. The monoisotopic (exact) mass is 269 g/mol. The fourth-order valence-corrected chi connectivity index (χ4v) is 3.04. The molecule has 19 heavy (non-hydrogen) atoms.